The number of rotatable bonds is 3. The van der Waals surface area contributed by atoms with Crippen molar-refractivity contribution in [3.8, 4) is 0 Å². The lowest BCUT2D eigenvalue weighted by Crippen LogP contribution is -2.27. The predicted octanol–water partition coefficient (Wildman–Crippen LogP) is 1.48. The summed E-state index contributed by atoms with van der Waals surface area (Å²) in [6.07, 6.45) is 4.19. The van der Waals surface area contributed by atoms with E-state index in [9.17, 15) is 9.59 Å². The molecule has 7 nitrogen and oxygen atoms in total. The molecular formula is C16H13N5O2. The number of carbonyl (C=O) groups excluding carboxylic acids is 2. The van der Waals surface area contributed by atoms with Gasteiger partial charge in [0.05, 0.1) is 23.3 Å². The molecule has 0 bridgehead atoms. The molecule has 0 saturated carbocycles. The van der Waals surface area contributed by atoms with Crippen LogP contribution in [0.4, 0.5) is 11.4 Å². The zero-order valence-corrected chi connectivity index (χ0v) is 12.0. The summed E-state index contributed by atoms with van der Waals surface area (Å²) >= 11 is 0. The van der Waals surface area contributed by atoms with Crippen LogP contribution in [0.15, 0.2) is 65.5 Å². The van der Waals surface area contributed by atoms with E-state index in [-0.39, 0.29) is 11.6 Å². The number of carbonyl (C=O) groups is 2. The van der Waals surface area contributed by atoms with Gasteiger partial charge >= 0.3 is 0 Å². The van der Waals surface area contributed by atoms with E-state index in [2.05, 4.69) is 26.1 Å². The van der Waals surface area contributed by atoms with E-state index in [1.165, 1.54) is 6.21 Å². The minimum atomic E-state index is -0.519. The first-order chi connectivity index (χ1) is 11.2. The second-order valence-corrected chi connectivity index (χ2v) is 4.67. The summed E-state index contributed by atoms with van der Waals surface area (Å²) in [5.41, 5.74) is 4.47. The number of fused-ring (bicyclic) bond motifs is 1. The highest BCUT2D eigenvalue weighted by molar-refractivity contribution is 6.13. The summed E-state index contributed by atoms with van der Waals surface area (Å²) in [7, 11) is 0. The molecule has 114 valence electrons. The molecule has 3 rings (SSSR count). The van der Waals surface area contributed by atoms with Crippen molar-refractivity contribution < 1.29 is 9.59 Å². The maximum absolute atomic E-state index is 11.9. The fraction of sp³-hybridized carbons (Fsp3) is 0. The molecular weight excluding hydrogens is 294 g/mol. The van der Waals surface area contributed by atoms with Crippen LogP contribution in [0.5, 0.6) is 0 Å². The van der Waals surface area contributed by atoms with Gasteiger partial charge in [-0.25, -0.2) is 5.43 Å². The average Bonchev–Trinajstić information content (AvgIpc) is 2.56. The first-order valence-electron chi connectivity index (χ1n) is 6.85. The van der Waals surface area contributed by atoms with Gasteiger partial charge in [-0.3, -0.25) is 14.6 Å². The van der Waals surface area contributed by atoms with Crippen LogP contribution in [-0.2, 0) is 9.59 Å². The van der Waals surface area contributed by atoms with Crippen molar-refractivity contribution in [2.75, 3.05) is 10.6 Å². The summed E-state index contributed by atoms with van der Waals surface area (Å²) < 4.78 is 0. The van der Waals surface area contributed by atoms with Crippen molar-refractivity contribution in [2.45, 2.75) is 0 Å². The number of pyridine rings is 1. The molecule has 3 N–H and O–H groups in total. The second kappa shape index (κ2) is 6.52. The molecule has 1 aromatic heterocycles. The Balaban J connectivity index is 1.66. The standard InChI is InChI=1S/C16H13N5O2/c22-15(21-18-10-11-5-3-4-8-17-11)9-14-16(23)20-13-7-2-1-6-12(13)19-14/h1-10,19H,(H,20,23)(H,21,22)/b14-9+,18-10+. The summed E-state index contributed by atoms with van der Waals surface area (Å²) in [4.78, 5) is 27.8. The lowest BCUT2D eigenvalue weighted by atomic mass is 10.2. The number of hydrogen-bond donors (Lipinski definition) is 3. The number of hydrazone groups is 1. The number of anilines is 2. The molecule has 0 aliphatic carbocycles. The largest absolute Gasteiger partial charge is 0.349 e. The van der Waals surface area contributed by atoms with Gasteiger partial charge in [0.1, 0.15) is 5.70 Å². The van der Waals surface area contributed by atoms with E-state index in [0.717, 1.165) is 11.8 Å². The lowest BCUT2D eigenvalue weighted by molar-refractivity contribution is -0.117. The lowest BCUT2D eigenvalue weighted by Gasteiger charge is -2.20. The molecule has 2 amide bonds. The number of aromatic nitrogens is 1. The molecule has 0 unspecified atom stereocenters. The monoisotopic (exact) mass is 307 g/mol. The van der Waals surface area contributed by atoms with Crippen molar-refractivity contribution in [1.82, 2.24) is 10.4 Å². The fourth-order valence-corrected chi connectivity index (χ4v) is 1.97. The van der Waals surface area contributed by atoms with E-state index in [4.69, 9.17) is 0 Å². The highest BCUT2D eigenvalue weighted by Crippen LogP contribution is 2.26. The summed E-state index contributed by atoms with van der Waals surface area (Å²) in [5, 5.41) is 9.39. The van der Waals surface area contributed by atoms with E-state index in [1.807, 2.05) is 18.2 Å². The van der Waals surface area contributed by atoms with Crippen LogP contribution < -0.4 is 16.1 Å². The van der Waals surface area contributed by atoms with Gasteiger partial charge < -0.3 is 10.6 Å². The van der Waals surface area contributed by atoms with Crippen LogP contribution in [0.3, 0.4) is 0 Å². The molecule has 0 radical (unpaired) electrons. The Morgan fingerprint density at radius 2 is 1.83 bits per heavy atom. The van der Waals surface area contributed by atoms with E-state index >= 15 is 0 Å². The quantitative estimate of drug-likeness (QED) is 0.455. The van der Waals surface area contributed by atoms with Crippen molar-refractivity contribution in [3.63, 3.8) is 0 Å². The molecule has 1 aliphatic rings. The van der Waals surface area contributed by atoms with E-state index in [0.29, 0.717) is 11.4 Å². The molecule has 2 heterocycles. The third kappa shape index (κ3) is 3.59. The minimum absolute atomic E-state index is 0.147. The first kappa shape index (κ1) is 14.5. The summed E-state index contributed by atoms with van der Waals surface area (Å²) in [6.45, 7) is 0. The third-order valence-corrected chi connectivity index (χ3v) is 3.02. The molecule has 0 atom stereocenters. The van der Waals surface area contributed by atoms with Crippen LogP contribution in [0, 0.1) is 0 Å². The first-order valence-corrected chi connectivity index (χ1v) is 6.85. The number of benzene rings is 1. The van der Waals surface area contributed by atoms with Crippen molar-refractivity contribution in [3.05, 3.63) is 66.1 Å². The SMILES string of the molecule is O=C(/C=C1/Nc2ccccc2NC1=O)N/N=C/c1ccccn1. The Bertz CT molecular complexity index is 799. The zero-order chi connectivity index (χ0) is 16.1. The normalized spacial score (nSPS) is 15.0. The highest BCUT2D eigenvalue weighted by atomic mass is 16.2. The van der Waals surface area contributed by atoms with Gasteiger partial charge in [0.25, 0.3) is 11.8 Å². The van der Waals surface area contributed by atoms with E-state index < -0.39 is 5.91 Å². The minimum Gasteiger partial charge on any atom is -0.349 e. The van der Waals surface area contributed by atoms with E-state index in [1.54, 1.807) is 30.5 Å². The van der Waals surface area contributed by atoms with Gasteiger partial charge in [-0.1, -0.05) is 18.2 Å². The molecule has 0 spiro atoms. The number of para-hydroxylation sites is 2. The Kier molecular flexibility index (Phi) is 4.10. The highest BCUT2D eigenvalue weighted by Gasteiger charge is 2.19. The Morgan fingerprint density at radius 3 is 2.57 bits per heavy atom. The van der Waals surface area contributed by atoms with Crippen molar-refractivity contribution in [2.24, 2.45) is 5.10 Å². The average molecular weight is 307 g/mol. The third-order valence-electron chi connectivity index (χ3n) is 3.02. The molecule has 23 heavy (non-hydrogen) atoms. The number of nitrogens with zero attached hydrogens (tertiary/aromatic N) is 2. The number of hydrogen-bond acceptors (Lipinski definition) is 5. The van der Waals surface area contributed by atoms with Crippen LogP contribution in [-0.4, -0.2) is 23.0 Å². The van der Waals surface area contributed by atoms with Crippen molar-refractivity contribution in [1.29, 1.82) is 0 Å². The molecule has 0 fully saturated rings. The van der Waals surface area contributed by atoms with Gasteiger partial charge in [-0.05, 0) is 24.3 Å². The van der Waals surface area contributed by atoms with Crippen LogP contribution in [0.25, 0.3) is 0 Å². The number of nitrogens with one attached hydrogen (secondary N) is 3. The van der Waals surface area contributed by atoms with Crippen LogP contribution >= 0.6 is 0 Å². The van der Waals surface area contributed by atoms with Crippen LogP contribution in [0.1, 0.15) is 5.69 Å². The van der Waals surface area contributed by atoms with Crippen molar-refractivity contribution >= 4 is 29.4 Å². The number of amides is 2. The predicted molar refractivity (Wildman–Crippen MR) is 86.8 cm³/mol. The van der Waals surface area contributed by atoms with Crippen LogP contribution in [0.2, 0.25) is 0 Å². The smallest absolute Gasteiger partial charge is 0.272 e. The molecule has 7 heteroatoms. The topological polar surface area (TPSA) is 95.5 Å². The van der Waals surface area contributed by atoms with Gasteiger partial charge in [0.15, 0.2) is 0 Å². The maximum atomic E-state index is 11.9. The Hall–Kier alpha value is -3.48. The molecule has 1 aromatic carbocycles. The van der Waals surface area contributed by atoms with Gasteiger partial charge in [-0.2, -0.15) is 5.10 Å². The molecule has 0 saturated heterocycles. The summed E-state index contributed by atoms with van der Waals surface area (Å²) in [5.74, 6) is -0.901. The Morgan fingerprint density at radius 1 is 1.09 bits per heavy atom. The van der Waals surface area contributed by atoms with Gasteiger partial charge in [0, 0.05) is 12.3 Å². The molecule has 1 aliphatic heterocycles. The second-order valence-electron chi connectivity index (χ2n) is 4.67. The summed E-state index contributed by atoms with van der Waals surface area (Å²) in [6, 6.07) is 12.6. The molecule has 2 aromatic rings. The maximum Gasteiger partial charge on any atom is 0.272 e. The fourth-order valence-electron chi connectivity index (χ4n) is 1.97. The van der Waals surface area contributed by atoms with Gasteiger partial charge in [0.2, 0.25) is 0 Å². The Labute approximate surface area is 132 Å². The van der Waals surface area contributed by atoms with Gasteiger partial charge in [-0.15, -0.1) is 0 Å². The zero-order valence-electron chi connectivity index (χ0n) is 12.0.